The number of hydrogen-bond acceptors (Lipinski definition) is 4. The molecule has 0 bridgehead atoms. The van der Waals surface area contributed by atoms with Crippen LogP contribution in [0.4, 0.5) is 5.69 Å². The first-order chi connectivity index (χ1) is 8.28. The third-order valence-corrected chi connectivity index (χ3v) is 2.58. The van der Waals surface area contributed by atoms with Crippen molar-refractivity contribution in [1.82, 2.24) is 0 Å². The number of carbonyl (C=O) groups excluding carboxylic acids is 1. The van der Waals surface area contributed by atoms with Crippen LogP contribution in [-0.4, -0.2) is 27.2 Å². The fourth-order valence-electron chi connectivity index (χ4n) is 1.21. The zero-order valence-electron chi connectivity index (χ0n) is 10.6. The van der Waals surface area contributed by atoms with Gasteiger partial charge in [-0.1, -0.05) is 13.8 Å². The van der Waals surface area contributed by atoms with E-state index < -0.39 is 16.0 Å². The molecule has 0 amide bonds. The monoisotopic (exact) mass is 271 g/mol. The van der Waals surface area contributed by atoms with E-state index in [1.807, 2.05) is 13.8 Å². The van der Waals surface area contributed by atoms with Crippen LogP contribution in [0.3, 0.4) is 0 Å². The van der Waals surface area contributed by atoms with Crippen LogP contribution in [0.15, 0.2) is 24.3 Å². The van der Waals surface area contributed by atoms with Gasteiger partial charge in [-0.3, -0.25) is 4.72 Å². The molecule has 0 aromatic heterocycles. The zero-order chi connectivity index (χ0) is 13.8. The summed E-state index contributed by atoms with van der Waals surface area (Å²) in [7, 11) is -3.30. The van der Waals surface area contributed by atoms with Gasteiger partial charge in [-0.15, -0.1) is 0 Å². The van der Waals surface area contributed by atoms with Gasteiger partial charge in [-0.2, -0.15) is 0 Å². The molecule has 0 spiro atoms. The fourth-order valence-corrected chi connectivity index (χ4v) is 1.78. The van der Waals surface area contributed by atoms with E-state index in [9.17, 15) is 13.2 Å². The molecular weight excluding hydrogens is 254 g/mol. The smallest absolute Gasteiger partial charge is 0.338 e. The topological polar surface area (TPSA) is 72.5 Å². The Morgan fingerprint density at radius 3 is 2.28 bits per heavy atom. The molecule has 100 valence electrons. The molecule has 0 aliphatic rings. The Balaban J connectivity index is 2.68. The second-order valence-corrected chi connectivity index (χ2v) is 6.19. The van der Waals surface area contributed by atoms with E-state index in [1.54, 1.807) is 0 Å². The normalized spacial score (nSPS) is 11.3. The van der Waals surface area contributed by atoms with Crippen molar-refractivity contribution in [2.24, 2.45) is 5.92 Å². The molecule has 1 aromatic carbocycles. The lowest BCUT2D eigenvalue weighted by molar-refractivity contribution is 0.0459. The Morgan fingerprint density at radius 2 is 1.83 bits per heavy atom. The van der Waals surface area contributed by atoms with Crippen LogP contribution in [-0.2, 0) is 14.8 Å². The zero-order valence-corrected chi connectivity index (χ0v) is 11.5. The predicted molar refractivity (Wildman–Crippen MR) is 70.0 cm³/mol. The minimum atomic E-state index is -3.30. The third-order valence-electron chi connectivity index (χ3n) is 1.97. The number of sulfonamides is 1. The number of anilines is 1. The molecule has 0 heterocycles. The number of hydrogen-bond donors (Lipinski definition) is 1. The van der Waals surface area contributed by atoms with Crippen molar-refractivity contribution < 1.29 is 17.9 Å². The SMILES string of the molecule is CC(C)COC(=O)c1ccc(NS(C)(=O)=O)cc1. The molecule has 0 saturated carbocycles. The van der Waals surface area contributed by atoms with Crippen LogP contribution in [0.2, 0.25) is 0 Å². The van der Waals surface area contributed by atoms with Gasteiger partial charge < -0.3 is 4.74 Å². The van der Waals surface area contributed by atoms with Gasteiger partial charge >= 0.3 is 5.97 Å². The van der Waals surface area contributed by atoms with Crippen LogP contribution in [0.25, 0.3) is 0 Å². The van der Waals surface area contributed by atoms with Gasteiger partial charge in [-0.05, 0) is 30.2 Å². The summed E-state index contributed by atoms with van der Waals surface area (Å²) in [5, 5.41) is 0. The first-order valence-corrected chi connectivity index (χ1v) is 7.42. The van der Waals surface area contributed by atoms with Crippen molar-refractivity contribution in [3.05, 3.63) is 29.8 Å². The molecule has 0 radical (unpaired) electrons. The summed E-state index contributed by atoms with van der Waals surface area (Å²) >= 11 is 0. The van der Waals surface area contributed by atoms with Crippen LogP contribution >= 0.6 is 0 Å². The summed E-state index contributed by atoms with van der Waals surface area (Å²) in [4.78, 5) is 11.6. The fraction of sp³-hybridized carbons (Fsp3) is 0.417. The molecule has 5 nitrogen and oxygen atoms in total. The van der Waals surface area contributed by atoms with Gasteiger partial charge in [-0.25, -0.2) is 13.2 Å². The second kappa shape index (κ2) is 5.86. The summed E-state index contributed by atoms with van der Waals surface area (Å²) in [5.74, 6) is -0.130. The lowest BCUT2D eigenvalue weighted by Crippen LogP contribution is -2.11. The molecule has 1 aromatic rings. The molecule has 1 rings (SSSR count). The molecular formula is C12H17NO4S. The van der Waals surface area contributed by atoms with Crippen molar-refractivity contribution in [1.29, 1.82) is 0 Å². The highest BCUT2D eigenvalue weighted by atomic mass is 32.2. The number of esters is 1. The second-order valence-electron chi connectivity index (χ2n) is 4.44. The highest BCUT2D eigenvalue weighted by Crippen LogP contribution is 2.12. The summed E-state index contributed by atoms with van der Waals surface area (Å²) in [6, 6.07) is 6.09. The highest BCUT2D eigenvalue weighted by Gasteiger charge is 2.08. The summed E-state index contributed by atoms with van der Waals surface area (Å²) in [6.45, 7) is 4.26. The summed E-state index contributed by atoms with van der Waals surface area (Å²) in [6.07, 6.45) is 1.07. The number of benzene rings is 1. The average Bonchev–Trinajstić information content (AvgIpc) is 2.24. The largest absolute Gasteiger partial charge is 0.462 e. The van der Waals surface area contributed by atoms with Gasteiger partial charge in [0.05, 0.1) is 18.4 Å². The third kappa shape index (κ3) is 5.18. The maximum Gasteiger partial charge on any atom is 0.338 e. The summed E-state index contributed by atoms with van der Waals surface area (Å²) in [5.41, 5.74) is 0.813. The molecule has 0 aliphatic heterocycles. The minimum absolute atomic E-state index is 0.278. The standard InChI is InChI=1S/C12H17NO4S/c1-9(2)8-17-12(14)10-4-6-11(7-5-10)13-18(3,15)16/h4-7,9,13H,8H2,1-3H3. The van der Waals surface area contributed by atoms with Gasteiger partial charge in [0.2, 0.25) is 10.0 Å². The van der Waals surface area contributed by atoms with Crippen LogP contribution in [0, 0.1) is 5.92 Å². The van der Waals surface area contributed by atoms with Crippen molar-refractivity contribution in [2.45, 2.75) is 13.8 Å². The van der Waals surface area contributed by atoms with Crippen LogP contribution in [0.5, 0.6) is 0 Å². The van der Waals surface area contributed by atoms with Gasteiger partial charge in [0.1, 0.15) is 0 Å². The number of ether oxygens (including phenoxy) is 1. The molecule has 18 heavy (non-hydrogen) atoms. The van der Waals surface area contributed by atoms with E-state index in [1.165, 1.54) is 24.3 Å². The minimum Gasteiger partial charge on any atom is -0.462 e. The first-order valence-electron chi connectivity index (χ1n) is 5.53. The van der Waals surface area contributed by atoms with Crippen LogP contribution in [0.1, 0.15) is 24.2 Å². The maximum atomic E-state index is 11.6. The first kappa shape index (κ1) is 14.5. The molecule has 0 unspecified atom stereocenters. The van der Waals surface area contributed by atoms with Crippen molar-refractivity contribution in [3.63, 3.8) is 0 Å². The molecule has 0 atom stereocenters. The Labute approximate surface area is 107 Å². The van der Waals surface area contributed by atoms with Crippen molar-refractivity contribution in [2.75, 3.05) is 17.6 Å². The average molecular weight is 271 g/mol. The number of rotatable bonds is 5. The Kier molecular flexibility index (Phi) is 4.72. The van der Waals surface area contributed by atoms with E-state index >= 15 is 0 Å². The van der Waals surface area contributed by atoms with E-state index in [4.69, 9.17) is 4.74 Å². The van der Waals surface area contributed by atoms with E-state index in [0.29, 0.717) is 17.9 Å². The number of nitrogens with one attached hydrogen (secondary N) is 1. The maximum absolute atomic E-state index is 11.6. The van der Waals surface area contributed by atoms with E-state index in [2.05, 4.69) is 4.72 Å². The van der Waals surface area contributed by atoms with E-state index in [-0.39, 0.29) is 5.92 Å². The van der Waals surface area contributed by atoms with Crippen LogP contribution < -0.4 is 4.72 Å². The quantitative estimate of drug-likeness (QED) is 0.830. The Bertz CT molecular complexity index is 505. The summed E-state index contributed by atoms with van der Waals surface area (Å²) < 4.78 is 29.4. The Hall–Kier alpha value is -1.56. The number of carbonyl (C=O) groups is 1. The molecule has 1 N–H and O–H groups in total. The van der Waals surface area contributed by atoms with Crippen molar-refractivity contribution in [3.8, 4) is 0 Å². The van der Waals surface area contributed by atoms with Gasteiger partial charge in [0, 0.05) is 5.69 Å². The Morgan fingerprint density at radius 1 is 1.28 bits per heavy atom. The lowest BCUT2D eigenvalue weighted by Gasteiger charge is -2.08. The molecule has 0 aliphatic carbocycles. The molecule has 0 fully saturated rings. The predicted octanol–water partition coefficient (Wildman–Crippen LogP) is 1.87. The lowest BCUT2D eigenvalue weighted by atomic mass is 10.2. The van der Waals surface area contributed by atoms with E-state index in [0.717, 1.165) is 6.26 Å². The molecule has 6 heteroatoms. The molecule has 0 saturated heterocycles. The van der Waals surface area contributed by atoms with Crippen molar-refractivity contribution >= 4 is 21.7 Å². The van der Waals surface area contributed by atoms with Gasteiger partial charge in [0.15, 0.2) is 0 Å². The highest BCUT2D eigenvalue weighted by molar-refractivity contribution is 7.92. The van der Waals surface area contributed by atoms with Gasteiger partial charge in [0.25, 0.3) is 0 Å².